The number of hydrogen-bond acceptors (Lipinski definition) is 3. The van der Waals surface area contributed by atoms with Gasteiger partial charge in [-0.1, -0.05) is 23.7 Å². The summed E-state index contributed by atoms with van der Waals surface area (Å²) in [4.78, 5) is 31.7. The standard InChI is InChI=1S/C21H20ClN3O2/c1-2-24-12-15(11-20(24)27)21-23-17-5-3-4-6-18(17)25(21)13-19(26)14-7-9-16(22)10-8-14/h3-10,15H,2,11-13H2,1H3. The molecule has 1 atom stereocenters. The molecular formula is C21H20ClN3O2. The lowest BCUT2D eigenvalue weighted by atomic mass is 10.1. The summed E-state index contributed by atoms with van der Waals surface area (Å²) in [6, 6.07) is 14.7. The molecule has 2 heterocycles. The zero-order valence-electron chi connectivity index (χ0n) is 15.1. The molecule has 1 fully saturated rings. The molecule has 6 heteroatoms. The predicted octanol–water partition coefficient (Wildman–Crippen LogP) is 3.91. The van der Waals surface area contributed by atoms with Gasteiger partial charge in [-0.2, -0.15) is 0 Å². The van der Waals surface area contributed by atoms with Crippen molar-refractivity contribution in [1.29, 1.82) is 0 Å². The number of halogens is 1. The molecule has 0 bridgehead atoms. The number of hydrogen-bond donors (Lipinski definition) is 0. The van der Waals surface area contributed by atoms with E-state index in [0.717, 1.165) is 16.9 Å². The number of carbonyl (C=O) groups is 2. The number of amides is 1. The summed E-state index contributed by atoms with van der Waals surface area (Å²) in [6.07, 6.45) is 0.437. The first-order valence-corrected chi connectivity index (χ1v) is 9.46. The van der Waals surface area contributed by atoms with Crippen molar-refractivity contribution >= 4 is 34.3 Å². The Morgan fingerprint density at radius 3 is 2.63 bits per heavy atom. The summed E-state index contributed by atoms with van der Waals surface area (Å²) in [6.45, 7) is 3.51. The van der Waals surface area contributed by atoms with Crippen LogP contribution in [0.3, 0.4) is 0 Å². The number of Topliss-reactive ketones (excluding diaryl/α,β-unsaturated/α-hetero) is 1. The van der Waals surface area contributed by atoms with Crippen LogP contribution in [0.4, 0.5) is 0 Å². The first-order valence-electron chi connectivity index (χ1n) is 9.08. The Balaban J connectivity index is 1.71. The zero-order valence-corrected chi connectivity index (χ0v) is 15.8. The Bertz CT molecular complexity index is 1010. The number of carbonyl (C=O) groups excluding carboxylic acids is 2. The van der Waals surface area contributed by atoms with Crippen LogP contribution in [0.5, 0.6) is 0 Å². The second-order valence-corrected chi connectivity index (χ2v) is 7.24. The molecular weight excluding hydrogens is 362 g/mol. The van der Waals surface area contributed by atoms with Crippen molar-refractivity contribution in [2.45, 2.75) is 25.8 Å². The fraction of sp³-hybridized carbons (Fsp3) is 0.286. The van der Waals surface area contributed by atoms with E-state index in [1.54, 1.807) is 24.3 Å². The number of para-hydroxylation sites is 2. The number of nitrogens with zero attached hydrogens (tertiary/aromatic N) is 3. The van der Waals surface area contributed by atoms with Gasteiger partial charge in [0.2, 0.25) is 5.91 Å². The third-order valence-corrected chi connectivity index (χ3v) is 5.37. The van der Waals surface area contributed by atoms with E-state index in [0.29, 0.717) is 30.1 Å². The normalized spacial score (nSPS) is 17.0. The molecule has 0 N–H and O–H groups in total. The van der Waals surface area contributed by atoms with Crippen LogP contribution in [0.25, 0.3) is 11.0 Å². The maximum absolute atomic E-state index is 12.8. The average Bonchev–Trinajstić information content (AvgIpc) is 3.22. The highest BCUT2D eigenvalue weighted by Crippen LogP contribution is 2.30. The van der Waals surface area contributed by atoms with Crippen LogP contribution in [0.15, 0.2) is 48.5 Å². The monoisotopic (exact) mass is 381 g/mol. The second-order valence-electron chi connectivity index (χ2n) is 6.81. The molecule has 4 rings (SSSR count). The molecule has 1 unspecified atom stereocenters. The van der Waals surface area contributed by atoms with Crippen LogP contribution in [-0.2, 0) is 11.3 Å². The Labute approximate surface area is 162 Å². The summed E-state index contributed by atoms with van der Waals surface area (Å²) in [5.41, 5.74) is 2.37. The highest BCUT2D eigenvalue weighted by molar-refractivity contribution is 6.30. The number of aromatic nitrogens is 2. The minimum absolute atomic E-state index is 0.00266. The summed E-state index contributed by atoms with van der Waals surface area (Å²) < 4.78 is 1.96. The Morgan fingerprint density at radius 1 is 1.19 bits per heavy atom. The van der Waals surface area contributed by atoms with Crippen LogP contribution in [0.2, 0.25) is 5.02 Å². The third kappa shape index (κ3) is 3.35. The van der Waals surface area contributed by atoms with Gasteiger partial charge in [0.05, 0.1) is 17.6 Å². The van der Waals surface area contributed by atoms with Crippen molar-refractivity contribution in [1.82, 2.24) is 14.5 Å². The van der Waals surface area contributed by atoms with E-state index >= 15 is 0 Å². The molecule has 3 aromatic rings. The van der Waals surface area contributed by atoms with Crippen molar-refractivity contribution in [2.24, 2.45) is 0 Å². The van der Waals surface area contributed by atoms with Gasteiger partial charge in [0.1, 0.15) is 5.82 Å². The maximum Gasteiger partial charge on any atom is 0.223 e. The number of fused-ring (bicyclic) bond motifs is 1. The predicted molar refractivity (Wildman–Crippen MR) is 105 cm³/mol. The van der Waals surface area contributed by atoms with Crippen LogP contribution in [0.1, 0.15) is 35.4 Å². The smallest absolute Gasteiger partial charge is 0.223 e. The van der Waals surface area contributed by atoms with E-state index in [4.69, 9.17) is 16.6 Å². The van der Waals surface area contributed by atoms with E-state index in [1.165, 1.54) is 0 Å². The number of likely N-dealkylation sites (tertiary alicyclic amines) is 1. The van der Waals surface area contributed by atoms with Gasteiger partial charge in [0, 0.05) is 36.0 Å². The molecule has 0 aliphatic carbocycles. The maximum atomic E-state index is 12.8. The summed E-state index contributed by atoms with van der Waals surface area (Å²) >= 11 is 5.93. The van der Waals surface area contributed by atoms with Crippen LogP contribution in [0, 0.1) is 0 Å². The second kappa shape index (κ2) is 7.16. The quantitative estimate of drug-likeness (QED) is 0.629. The van der Waals surface area contributed by atoms with Crippen molar-refractivity contribution in [3.63, 3.8) is 0 Å². The van der Waals surface area contributed by atoms with Crippen molar-refractivity contribution in [3.8, 4) is 0 Å². The van der Waals surface area contributed by atoms with Crippen LogP contribution >= 0.6 is 11.6 Å². The highest BCUT2D eigenvalue weighted by Gasteiger charge is 2.33. The van der Waals surface area contributed by atoms with Crippen molar-refractivity contribution in [2.75, 3.05) is 13.1 Å². The summed E-state index contributed by atoms with van der Waals surface area (Å²) in [5, 5.41) is 0.601. The molecule has 0 saturated carbocycles. The Kier molecular flexibility index (Phi) is 4.70. The number of likely N-dealkylation sites (N-methyl/N-ethyl adjacent to an activating group) is 1. The van der Waals surface area contributed by atoms with Gasteiger partial charge in [0.15, 0.2) is 5.78 Å². The third-order valence-electron chi connectivity index (χ3n) is 5.11. The molecule has 2 aromatic carbocycles. The topological polar surface area (TPSA) is 55.2 Å². The minimum Gasteiger partial charge on any atom is -0.342 e. The van der Waals surface area contributed by atoms with Gasteiger partial charge in [0.25, 0.3) is 0 Å². The Morgan fingerprint density at radius 2 is 1.93 bits per heavy atom. The SMILES string of the molecule is CCN1CC(c2nc3ccccc3n2CC(=O)c2ccc(Cl)cc2)CC1=O. The first kappa shape index (κ1) is 17.7. The molecule has 5 nitrogen and oxygen atoms in total. The lowest BCUT2D eigenvalue weighted by Crippen LogP contribution is -2.24. The lowest BCUT2D eigenvalue weighted by molar-refractivity contribution is -0.127. The summed E-state index contributed by atoms with van der Waals surface area (Å²) in [5.74, 6) is 0.948. The van der Waals surface area contributed by atoms with E-state index < -0.39 is 0 Å². The molecule has 1 aliphatic heterocycles. The van der Waals surface area contributed by atoms with Gasteiger partial charge >= 0.3 is 0 Å². The number of benzene rings is 2. The molecule has 1 aromatic heterocycles. The molecule has 0 spiro atoms. The molecule has 1 aliphatic rings. The van der Waals surface area contributed by atoms with Gasteiger partial charge in [-0.25, -0.2) is 4.98 Å². The molecule has 1 saturated heterocycles. The number of rotatable bonds is 5. The summed E-state index contributed by atoms with van der Waals surface area (Å²) in [7, 11) is 0. The number of ketones is 1. The largest absolute Gasteiger partial charge is 0.342 e. The van der Waals surface area contributed by atoms with Gasteiger partial charge in [-0.05, 0) is 43.3 Å². The van der Waals surface area contributed by atoms with Crippen molar-refractivity contribution in [3.05, 3.63) is 64.9 Å². The van der Waals surface area contributed by atoms with E-state index in [-0.39, 0.29) is 24.2 Å². The van der Waals surface area contributed by atoms with Crippen LogP contribution in [-0.4, -0.2) is 39.2 Å². The lowest BCUT2D eigenvalue weighted by Gasteiger charge is -2.15. The van der Waals surface area contributed by atoms with Gasteiger partial charge in [-0.15, -0.1) is 0 Å². The van der Waals surface area contributed by atoms with Gasteiger partial charge < -0.3 is 9.47 Å². The van der Waals surface area contributed by atoms with Crippen molar-refractivity contribution < 1.29 is 9.59 Å². The Hall–Kier alpha value is -2.66. The fourth-order valence-corrected chi connectivity index (χ4v) is 3.82. The molecule has 138 valence electrons. The molecule has 27 heavy (non-hydrogen) atoms. The van der Waals surface area contributed by atoms with E-state index in [9.17, 15) is 9.59 Å². The van der Waals surface area contributed by atoms with Crippen LogP contribution < -0.4 is 0 Å². The van der Waals surface area contributed by atoms with E-state index in [2.05, 4.69) is 0 Å². The highest BCUT2D eigenvalue weighted by atomic mass is 35.5. The zero-order chi connectivity index (χ0) is 19.0. The fourth-order valence-electron chi connectivity index (χ4n) is 3.69. The van der Waals surface area contributed by atoms with E-state index in [1.807, 2.05) is 40.7 Å². The minimum atomic E-state index is -0.00672. The molecule has 0 radical (unpaired) electrons. The van der Waals surface area contributed by atoms with Gasteiger partial charge in [-0.3, -0.25) is 9.59 Å². The number of imidazole rings is 1. The first-order chi connectivity index (χ1) is 13.1. The average molecular weight is 382 g/mol. The molecule has 1 amide bonds.